The highest BCUT2D eigenvalue weighted by Crippen LogP contribution is 2.13. The molecule has 0 saturated heterocycles. The Morgan fingerprint density at radius 3 is 2.71 bits per heavy atom. The molecule has 0 aromatic heterocycles. The largest absolute Gasteiger partial charge is 0.508 e. The Labute approximate surface area is 82.9 Å². The van der Waals surface area contributed by atoms with Crippen molar-refractivity contribution in [1.82, 2.24) is 0 Å². The van der Waals surface area contributed by atoms with Gasteiger partial charge in [0.2, 0.25) is 0 Å². The monoisotopic (exact) mass is 213 g/mol. The first-order valence-electron chi connectivity index (χ1n) is 4.07. The molecule has 1 rings (SSSR count). The number of benzene rings is 1. The summed E-state index contributed by atoms with van der Waals surface area (Å²) >= 11 is 0. The second-order valence-electron chi connectivity index (χ2n) is 2.59. The van der Waals surface area contributed by atoms with Gasteiger partial charge in [0.25, 0.3) is 8.18 Å². The van der Waals surface area contributed by atoms with Crippen LogP contribution in [0.1, 0.15) is 5.56 Å². The fourth-order valence-corrected chi connectivity index (χ4v) is 1.18. The Morgan fingerprint density at radius 2 is 2.14 bits per heavy atom. The molecule has 1 unspecified atom stereocenters. The Kier molecular flexibility index (Phi) is 4.40. The zero-order valence-electron chi connectivity index (χ0n) is 7.51. The van der Waals surface area contributed by atoms with Gasteiger partial charge in [-0.1, -0.05) is 30.3 Å². The lowest BCUT2D eigenvalue weighted by atomic mass is 10.2. The number of hydrogen-bond acceptors (Lipinski definition) is 3. The van der Waals surface area contributed by atoms with E-state index in [4.69, 9.17) is 5.50 Å². The molecule has 3 N–H and O–H groups in total. The van der Waals surface area contributed by atoms with Crippen molar-refractivity contribution in [2.45, 2.75) is 0 Å². The Hall–Kier alpha value is -1.09. The Bertz CT molecular complexity index is 337. The lowest BCUT2D eigenvalue weighted by Gasteiger charge is -1.99. The second kappa shape index (κ2) is 5.60. The highest BCUT2D eigenvalue weighted by molar-refractivity contribution is 7.36. The zero-order valence-corrected chi connectivity index (χ0v) is 8.51. The van der Waals surface area contributed by atoms with Crippen molar-refractivity contribution in [3.63, 3.8) is 0 Å². The van der Waals surface area contributed by atoms with Crippen LogP contribution in [-0.4, -0.2) is 11.7 Å². The molecule has 0 saturated carbocycles. The third-order valence-corrected chi connectivity index (χ3v) is 2.02. The Morgan fingerprint density at radius 1 is 1.50 bits per heavy atom. The van der Waals surface area contributed by atoms with Crippen LogP contribution in [0.5, 0.6) is 0 Å². The van der Waals surface area contributed by atoms with Crippen LogP contribution in [0.4, 0.5) is 0 Å². The molecule has 1 aromatic carbocycles. The number of aliphatic hydroxyl groups is 1. The van der Waals surface area contributed by atoms with Crippen LogP contribution < -0.4 is 5.50 Å². The molecule has 0 fully saturated rings. The van der Waals surface area contributed by atoms with Crippen molar-refractivity contribution in [3.05, 3.63) is 42.0 Å². The average Bonchev–Trinajstić information content (AvgIpc) is 2.18. The topological polar surface area (TPSA) is 72.6 Å². The van der Waals surface area contributed by atoms with Gasteiger partial charge in [0.15, 0.2) is 0 Å². The summed E-state index contributed by atoms with van der Waals surface area (Å²) < 4.78 is 15.0. The molecule has 1 aromatic rings. The van der Waals surface area contributed by atoms with Crippen LogP contribution in [0.3, 0.4) is 0 Å². The highest BCUT2D eigenvalue weighted by atomic mass is 31.1. The molecule has 4 nitrogen and oxygen atoms in total. The van der Waals surface area contributed by atoms with Gasteiger partial charge in [0.1, 0.15) is 5.76 Å². The molecule has 0 radical (unpaired) electrons. The Balaban J connectivity index is 2.57. The van der Waals surface area contributed by atoms with E-state index in [0.29, 0.717) is 5.56 Å². The molecule has 0 aliphatic carbocycles. The molecular weight excluding hydrogens is 201 g/mol. The standard InChI is InChI=1S/C9H12NO3P/c10-14(12)13-7-6-9(11)8-4-2-1-3-5-8/h1-6,11,14H,7H2,(H2,10,12)/b9-6-. The van der Waals surface area contributed by atoms with E-state index in [0.717, 1.165) is 0 Å². The third kappa shape index (κ3) is 3.75. The smallest absolute Gasteiger partial charge is 0.255 e. The van der Waals surface area contributed by atoms with Crippen LogP contribution in [0.15, 0.2) is 36.4 Å². The fourth-order valence-electron chi connectivity index (χ4n) is 0.929. The van der Waals surface area contributed by atoms with Crippen LogP contribution in [-0.2, 0) is 9.09 Å². The second-order valence-corrected chi connectivity index (χ2v) is 3.51. The van der Waals surface area contributed by atoms with E-state index in [-0.39, 0.29) is 12.4 Å². The van der Waals surface area contributed by atoms with Crippen molar-refractivity contribution in [3.8, 4) is 0 Å². The maximum atomic E-state index is 10.4. The summed E-state index contributed by atoms with van der Waals surface area (Å²) in [7, 11) is -2.42. The molecule has 5 heteroatoms. The molecule has 76 valence electrons. The normalized spacial score (nSPS) is 13.9. The summed E-state index contributed by atoms with van der Waals surface area (Å²) in [4.78, 5) is 0. The maximum absolute atomic E-state index is 10.4. The minimum atomic E-state index is -2.42. The van der Waals surface area contributed by atoms with E-state index in [2.05, 4.69) is 4.52 Å². The SMILES string of the molecule is N[PH](=O)OC/C=C(\O)c1ccccc1. The first-order chi connectivity index (χ1) is 6.70. The van der Waals surface area contributed by atoms with Crippen LogP contribution in [0, 0.1) is 0 Å². The molecule has 0 spiro atoms. The minimum absolute atomic E-state index is 0.0506. The summed E-state index contributed by atoms with van der Waals surface area (Å²) in [5, 5.41) is 9.48. The molecule has 0 amide bonds. The number of rotatable bonds is 4. The molecule has 0 aliphatic heterocycles. The molecular formula is C9H12NO3P. The first kappa shape index (κ1) is 11.0. The van der Waals surface area contributed by atoms with E-state index in [9.17, 15) is 9.67 Å². The molecule has 0 bridgehead atoms. The third-order valence-electron chi connectivity index (χ3n) is 1.57. The predicted molar refractivity (Wildman–Crippen MR) is 56.2 cm³/mol. The van der Waals surface area contributed by atoms with E-state index < -0.39 is 8.18 Å². The van der Waals surface area contributed by atoms with E-state index in [1.807, 2.05) is 18.2 Å². The van der Waals surface area contributed by atoms with Crippen molar-refractivity contribution in [1.29, 1.82) is 0 Å². The van der Waals surface area contributed by atoms with Gasteiger partial charge in [0, 0.05) is 5.56 Å². The van der Waals surface area contributed by atoms with Crippen molar-refractivity contribution in [2.75, 3.05) is 6.61 Å². The average molecular weight is 213 g/mol. The zero-order chi connectivity index (χ0) is 10.4. The number of aliphatic hydroxyl groups excluding tert-OH is 1. The van der Waals surface area contributed by atoms with Crippen molar-refractivity contribution < 1.29 is 14.2 Å². The summed E-state index contributed by atoms with van der Waals surface area (Å²) in [6.45, 7) is 0.0506. The van der Waals surface area contributed by atoms with Gasteiger partial charge in [-0.2, -0.15) is 0 Å². The lowest BCUT2D eigenvalue weighted by Crippen LogP contribution is -1.89. The van der Waals surface area contributed by atoms with Gasteiger partial charge in [-0.25, -0.2) is 0 Å². The lowest BCUT2D eigenvalue weighted by molar-refractivity contribution is 0.368. The van der Waals surface area contributed by atoms with Crippen LogP contribution in [0.25, 0.3) is 5.76 Å². The van der Waals surface area contributed by atoms with E-state index in [1.54, 1.807) is 12.1 Å². The van der Waals surface area contributed by atoms with Gasteiger partial charge in [-0.3, -0.25) is 10.1 Å². The van der Waals surface area contributed by atoms with Crippen LogP contribution >= 0.6 is 8.18 Å². The maximum Gasteiger partial charge on any atom is 0.255 e. The van der Waals surface area contributed by atoms with E-state index >= 15 is 0 Å². The van der Waals surface area contributed by atoms with Crippen LogP contribution in [0.2, 0.25) is 0 Å². The van der Waals surface area contributed by atoms with E-state index in [1.165, 1.54) is 6.08 Å². The minimum Gasteiger partial charge on any atom is -0.508 e. The molecule has 14 heavy (non-hydrogen) atoms. The molecule has 0 aliphatic rings. The number of nitrogens with two attached hydrogens (primary N) is 1. The van der Waals surface area contributed by atoms with Gasteiger partial charge >= 0.3 is 0 Å². The molecule has 1 atom stereocenters. The van der Waals surface area contributed by atoms with Gasteiger partial charge in [-0.05, 0) is 6.08 Å². The number of hydrogen-bond donors (Lipinski definition) is 2. The quantitative estimate of drug-likeness (QED) is 0.592. The molecule has 0 heterocycles. The summed E-state index contributed by atoms with van der Waals surface area (Å²) in [6, 6.07) is 9.00. The predicted octanol–water partition coefficient (Wildman–Crippen LogP) is 1.95. The van der Waals surface area contributed by atoms with Crippen molar-refractivity contribution in [2.24, 2.45) is 5.50 Å². The van der Waals surface area contributed by atoms with Crippen molar-refractivity contribution >= 4 is 13.9 Å². The van der Waals surface area contributed by atoms with Gasteiger partial charge < -0.3 is 9.63 Å². The summed E-state index contributed by atoms with van der Waals surface area (Å²) in [5.74, 6) is 0.0915. The summed E-state index contributed by atoms with van der Waals surface area (Å²) in [6.07, 6.45) is 1.42. The van der Waals surface area contributed by atoms with Gasteiger partial charge in [-0.15, -0.1) is 0 Å². The highest BCUT2D eigenvalue weighted by Gasteiger charge is 1.96. The fraction of sp³-hybridized carbons (Fsp3) is 0.111. The first-order valence-corrected chi connectivity index (χ1v) is 5.46. The van der Waals surface area contributed by atoms with Gasteiger partial charge in [0.05, 0.1) is 6.61 Å². The summed E-state index contributed by atoms with van der Waals surface area (Å²) in [5.41, 5.74) is 5.62.